The highest BCUT2D eigenvalue weighted by Gasteiger charge is 2.27. The molecular weight excluding hydrogens is 343 g/mol. The molecule has 0 bridgehead atoms. The first-order valence-electron chi connectivity index (χ1n) is 9.63. The van der Waals surface area contributed by atoms with Gasteiger partial charge in [-0.25, -0.2) is 4.39 Å². The molecule has 2 aromatic rings. The van der Waals surface area contributed by atoms with Crippen LogP contribution in [0.15, 0.2) is 48.5 Å². The largest absolute Gasteiger partial charge is 0.497 e. The van der Waals surface area contributed by atoms with Gasteiger partial charge >= 0.3 is 0 Å². The molecule has 0 amide bonds. The number of halogens is 1. The molecule has 2 aromatic carbocycles. The van der Waals surface area contributed by atoms with Gasteiger partial charge in [-0.3, -0.25) is 4.90 Å². The van der Waals surface area contributed by atoms with E-state index in [1.165, 1.54) is 11.6 Å². The molecule has 0 radical (unpaired) electrons. The molecule has 1 unspecified atom stereocenters. The number of hydrogen-bond donors (Lipinski definition) is 1. The zero-order valence-electron chi connectivity index (χ0n) is 16.0. The van der Waals surface area contributed by atoms with Crippen molar-refractivity contribution in [3.05, 3.63) is 65.5 Å². The minimum atomic E-state index is -0.233. The second-order valence-corrected chi connectivity index (χ2v) is 7.13. The maximum absolute atomic E-state index is 14.3. The van der Waals surface area contributed by atoms with Crippen molar-refractivity contribution in [1.82, 2.24) is 9.80 Å². The number of nitrogens with zero attached hydrogens (tertiary/aromatic N) is 2. The number of aliphatic hydroxyl groups is 1. The van der Waals surface area contributed by atoms with Crippen molar-refractivity contribution >= 4 is 0 Å². The highest BCUT2D eigenvalue weighted by atomic mass is 19.1. The lowest BCUT2D eigenvalue weighted by molar-refractivity contribution is 0.0536. The summed E-state index contributed by atoms with van der Waals surface area (Å²) in [6.07, 6.45) is 1.74. The summed E-state index contributed by atoms with van der Waals surface area (Å²) in [5, 5.41) is 9.48. The molecule has 5 heteroatoms. The Morgan fingerprint density at radius 1 is 1.15 bits per heavy atom. The van der Waals surface area contributed by atoms with E-state index in [1.54, 1.807) is 19.2 Å². The van der Waals surface area contributed by atoms with Crippen LogP contribution in [-0.2, 0) is 13.0 Å². The van der Waals surface area contributed by atoms with Gasteiger partial charge in [0.15, 0.2) is 0 Å². The van der Waals surface area contributed by atoms with E-state index >= 15 is 0 Å². The third-order valence-electron chi connectivity index (χ3n) is 5.34. The molecule has 27 heavy (non-hydrogen) atoms. The SMILES string of the molecule is COc1ccc(CN2CCN(CCc3ccccc3)CC2CCO)c(F)c1. The minimum Gasteiger partial charge on any atom is -0.497 e. The first-order valence-corrected chi connectivity index (χ1v) is 9.63. The van der Waals surface area contributed by atoms with E-state index < -0.39 is 0 Å². The van der Waals surface area contributed by atoms with Crippen molar-refractivity contribution < 1.29 is 14.2 Å². The molecular formula is C22H29FN2O2. The molecule has 1 heterocycles. The zero-order valence-corrected chi connectivity index (χ0v) is 16.0. The fraction of sp³-hybridized carbons (Fsp3) is 0.455. The molecule has 1 aliphatic heterocycles. The fourth-order valence-electron chi connectivity index (χ4n) is 3.73. The van der Waals surface area contributed by atoms with Crippen LogP contribution in [-0.4, -0.2) is 60.8 Å². The lowest BCUT2D eigenvalue weighted by Gasteiger charge is -2.41. The van der Waals surface area contributed by atoms with Crippen LogP contribution in [0.1, 0.15) is 17.5 Å². The van der Waals surface area contributed by atoms with E-state index in [1.807, 2.05) is 6.07 Å². The molecule has 3 rings (SSSR count). The number of piperazine rings is 1. The van der Waals surface area contributed by atoms with E-state index in [9.17, 15) is 9.50 Å². The topological polar surface area (TPSA) is 35.9 Å². The predicted octanol–water partition coefficient (Wildman–Crippen LogP) is 2.95. The van der Waals surface area contributed by atoms with Gasteiger partial charge in [0, 0.05) is 57.0 Å². The summed E-state index contributed by atoms with van der Waals surface area (Å²) in [5.74, 6) is 0.303. The number of hydrogen-bond acceptors (Lipinski definition) is 4. The highest BCUT2D eigenvalue weighted by Crippen LogP contribution is 2.21. The fourth-order valence-corrected chi connectivity index (χ4v) is 3.73. The Kier molecular flexibility index (Phi) is 7.21. The van der Waals surface area contributed by atoms with E-state index in [-0.39, 0.29) is 18.5 Å². The molecule has 1 aliphatic rings. The molecule has 4 nitrogen and oxygen atoms in total. The maximum Gasteiger partial charge on any atom is 0.131 e. The van der Waals surface area contributed by atoms with Crippen LogP contribution in [0.5, 0.6) is 5.75 Å². The maximum atomic E-state index is 14.3. The molecule has 0 saturated carbocycles. The predicted molar refractivity (Wildman–Crippen MR) is 105 cm³/mol. The Balaban J connectivity index is 1.59. The van der Waals surface area contributed by atoms with Crippen LogP contribution in [0, 0.1) is 5.82 Å². The summed E-state index contributed by atoms with van der Waals surface area (Å²) >= 11 is 0. The van der Waals surface area contributed by atoms with Crippen molar-refractivity contribution in [3.63, 3.8) is 0 Å². The molecule has 0 spiro atoms. The molecule has 1 N–H and O–H groups in total. The van der Waals surface area contributed by atoms with Gasteiger partial charge in [0.25, 0.3) is 0 Å². The summed E-state index contributed by atoms with van der Waals surface area (Å²) in [7, 11) is 1.54. The quantitative estimate of drug-likeness (QED) is 0.773. The van der Waals surface area contributed by atoms with Gasteiger partial charge in [-0.1, -0.05) is 36.4 Å². The van der Waals surface area contributed by atoms with Crippen LogP contribution in [0.3, 0.4) is 0 Å². The second-order valence-electron chi connectivity index (χ2n) is 7.13. The summed E-state index contributed by atoms with van der Waals surface area (Å²) in [6, 6.07) is 15.8. The first-order chi connectivity index (χ1) is 13.2. The lowest BCUT2D eigenvalue weighted by Crippen LogP contribution is -2.53. The number of rotatable bonds is 8. The van der Waals surface area contributed by atoms with Crippen LogP contribution in [0.25, 0.3) is 0 Å². The molecule has 146 valence electrons. The van der Waals surface area contributed by atoms with Crippen molar-refractivity contribution in [1.29, 1.82) is 0 Å². The Morgan fingerprint density at radius 3 is 2.67 bits per heavy atom. The average Bonchev–Trinajstić information content (AvgIpc) is 2.70. The minimum absolute atomic E-state index is 0.152. The van der Waals surface area contributed by atoms with Gasteiger partial charge in [0.1, 0.15) is 11.6 Å². The van der Waals surface area contributed by atoms with Crippen molar-refractivity contribution in [2.24, 2.45) is 0 Å². The third kappa shape index (κ3) is 5.51. The molecule has 1 saturated heterocycles. The second kappa shape index (κ2) is 9.83. The zero-order chi connectivity index (χ0) is 19.1. The van der Waals surface area contributed by atoms with E-state index in [4.69, 9.17) is 4.74 Å². The number of benzene rings is 2. The number of ether oxygens (including phenoxy) is 1. The summed E-state index contributed by atoms with van der Waals surface area (Å²) in [4.78, 5) is 4.74. The Labute approximate surface area is 161 Å². The van der Waals surface area contributed by atoms with Crippen LogP contribution in [0.4, 0.5) is 4.39 Å². The molecule has 0 aromatic heterocycles. The van der Waals surface area contributed by atoms with Gasteiger partial charge in [0.2, 0.25) is 0 Å². The van der Waals surface area contributed by atoms with Gasteiger partial charge in [-0.15, -0.1) is 0 Å². The van der Waals surface area contributed by atoms with Crippen molar-refractivity contribution in [2.75, 3.05) is 39.9 Å². The van der Waals surface area contributed by atoms with Gasteiger partial charge in [-0.05, 0) is 24.5 Å². The summed E-state index contributed by atoms with van der Waals surface area (Å²) < 4.78 is 19.4. The Hall–Kier alpha value is -1.95. The normalized spacial score (nSPS) is 18.6. The van der Waals surface area contributed by atoms with E-state index in [0.717, 1.165) is 32.6 Å². The smallest absolute Gasteiger partial charge is 0.131 e. The standard InChI is InChI=1S/C22H29FN2O2/c1-27-21-8-7-19(22(23)15-21)16-25-13-12-24(17-20(25)10-14-26)11-9-18-5-3-2-4-6-18/h2-8,15,20,26H,9-14,16-17H2,1H3. The molecule has 1 fully saturated rings. The van der Waals surface area contributed by atoms with Crippen molar-refractivity contribution in [2.45, 2.75) is 25.4 Å². The molecule has 0 aliphatic carbocycles. The van der Waals surface area contributed by atoms with E-state index in [2.05, 4.69) is 34.1 Å². The summed E-state index contributed by atoms with van der Waals surface area (Å²) in [5.41, 5.74) is 2.02. The number of aliphatic hydroxyl groups excluding tert-OH is 1. The Morgan fingerprint density at radius 2 is 1.96 bits per heavy atom. The average molecular weight is 372 g/mol. The Bertz CT molecular complexity index is 711. The van der Waals surface area contributed by atoms with Gasteiger partial charge < -0.3 is 14.7 Å². The number of methoxy groups -OCH3 is 1. The highest BCUT2D eigenvalue weighted by molar-refractivity contribution is 5.29. The first kappa shape index (κ1) is 19.8. The monoisotopic (exact) mass is 372 g/mol. The van der Waals surface area contributed by atoms with Gasteiger partial charge in [0.05, 0.1) is 7.11 Å². The molecule has 1 atom stereocenters. The van der Waals surface area contributed by atoms with Crippen LogP contribution in [0.2, 0.25) is 0 Å². The van der Waals surface area contributed by atoms with Crippen LogP contribution < -0.4 is 4.74 Å². The van der Waals surface area contributed by atoms with Gasteiger partial charge in [-0.2, -0.15) is 0 Å². The van der Waals surface area contributed by atoms with Crippen molar-refractivity contribution in [3.8, 4) is 5.75 Å². The van der Waals surface area contributed by atoms with E-state index in [0.29, 0.717) is 24.3 Å². The van der Waals surface area contributed by atoms with Crippen LogP contribution >= 0.6 is 0 Å². The lowest BCUT2D eigenvalue weighted by atomic mass is 10.1. The summed E-state index contributed by atoms with van der Waals surface area (Å²) in [6.45, 7) is 4.48. The third-order valence-corrected chi connectivity index (χ3v) is 5.34.